The first kappa shape index (κ1) is 10.1. The standard InChI is InChI=1S/C8H6F2N2O2/c9-5-1-2-6(10)7(3-5)12-8(13)4-11-14/h1-4,14H,(H,12,13)/b11-4-. The van der Waals surface area contributed by atoms with Crippen LogP contribution in [0.3, 0.4) is 0 Å². The molecule has 0 fully saturated rings. The summed E-state index contributed by atoms with van der Waals surface area (Å²) in [5.74, 6) is -2.30. The van der Waals surface area contributed by atoms with Gasteiger partial charge in [0, 0.05) is 6.07 Å². The van der Waals surface area contributed by atoms with E-state index in [0.29, 0.717) is 6.21 Å². The summed E-state index contributed by atoms with van der Waals surface area (Å²) in [6.45, 7) is 0. The normalized spacial score (nSPS) is 10.4. The lowest BCUT2D eigenvalue weighted by molar-refractivity contribution is -0.110. The van der Waals surface area contributed by atoms with E-state index < -0.39 is 17.5 Å². The monoisotopic (exact) mass is 200 g/mol. The second kappa shape index (κ2) is 4.31. The van der Waals surface area contributed by atoms with E-state index in [0.717, 1.165) is 18.2 Å². The van der Waals surface area contributed by atoms with Crippen LogP contribution in [-0.2, 0) is 4.79 Å². The number of nitrogens with one attached hydrogen (secondary N) is 1. The SMILES string of the molecule is O=C(/C=N\O)Nc1cc(F)ccc1F. The van der Waals surface area contributed by atoms with Crippen molar-refractivity contribution in [1.29, 1.82) is 0 Å². The lowest BCUT2D eigenvalue weighted by Crippen LogP contribution is -2.13. The van der Waals surface area contributed by atoms with Crippen molar-refractivity contribution in [2.24, 2.45) is 5.16 Å². The van der Waals surface area contributed by atoms with Gasteiger partial charge in [0.1, 0.15) is 17.8 Å². The Hall–Kier alpha value is -1.98. The highest BCUT2D eigenvalue weighted by Gasteiger charge is 2.06. The van der Waals surface area contributed by atoms with E-state index >= 15 is 0 Å². The van der Waals surface area contributed by atoms with Crippen molar-refractivity contribution < 1.29 is 18.8 Å². The highest BCUT2D eigenvalue weighted by Crippen LogP contribution is 2.14. The van der Waals surface area contributed by atoms with Crippen molar-refractivity contribution in [3.8, 4) is 0 Å². The lowest BCUT2D eigenvalue weighted by atomic mass is 10.3. The average Bonchev–Trinajstić information content (AvgIpc) is 2.12. The van der Waals surface area contributed by atoms with Gasteiger partial charge in [-0.2, -0.15) is 0 Å². The fourth-order valence-corrected chi connectivity index (χ4v) is 0.811. The maximum absolute atomic E-state index is 12.9. The quantitative estimate of drug-likeness (QED) is 0.430. The number of oxime groups is 1. The highest BCUT2D eigenvalue weighted by molar-refractivity contribution is 6.31. The van der Waals surface area contributed by atoms with Crippen LogP contribution in [-0.4, -0.2) is 17.3 Å². The van der Waals surface area contributed by atoms with E-state index in [1.807, 2.05) is 5.32 Å². The molecule has 0 aliphatic rings. The molecule has 0 aromatic heterocycles. The second-order valence-electron chi connectivity index (χ2n) is 2.36. The lowest BCUT2D eigenvalue weighted by Gasteiger charge is -2.02. The predicted molar refractivity (Wildman–Crippen MR) is 45.3 cm³/mol. The highest BCUT2D eigenvalue weighted by atomic mass is 19.1. The molecule has 1 aromatic rings. The molecule has 74 valence electrons. The smallest absolute Gasteiger partial charge is 0.270 e. The summed E-state index contributed by atoms with van der Waals surface area (Å²) >= 11 is 0. The number of amides is 1. The first-order valence-electron chi connectivity index (χ1n) is 3.57. The Kier molecular flexibility index (Phi) is 3.11. The Morgan fingerprint density at radius 1 is 1.50 bits per heavy atom. The third-order valence-electron chi connectivity index (χ3n) is 1.36. The van der Waals surface area contributed by atoms with Crippen LogP contribution in [0.25, 0.3) is 0 Å². The molecule has 4 nitrogen and oxygen atoms in total. The molecule has 0 unspecified atom stereocenters. The number of hydrogen-bond donors (Lipinski definition) is 2. The zero-order valence-electron chi connectivity index (χ0n) is 6.87. The van der Waals surface area contributed by atoms with Crippen LogP contribution >= 0.6 is 0 Å². The molecule has 2 N–H and O–H groups in total. The molecule has 14 heavy (non-hydrogen) atoms. The topological polar surface area (TPSA) is 61.7 Å². The fraction of sp³-hybridized carbons (Fsp3) is 0. The van der Waals surface area contributed by atoms with Gasteiger partial charge in [0.25, 0.3) is 5.91 Å². The number of carbonyl (C=O) groups is 1. The first-order chi connectivity index (χ1) is 6.63. The minimum absolute atomic E-state index is 0.310. The van der Waals surface area contributed by atoms with Crippen molar-refractivity contribution in [2.75, 3.05) is 5.32 Å². The van der Waals surface area contributed by atoms with Gasteiger partial charge in [-0.25, -0.2) is 8.78 Å². The minimum Gasteiger partial charge on any atom is -0.411 e. The van der Waals surface area contributed by atoms with Gasteiger partial charge in [0.15, 0.2) is 0 Å². The summed E-state index contributed by atoms with van der Waals surface area (Å²) in [6.07, 6.45) is 0.532. The van der Waals surface area contributed by atoms with Crippen LogP contribution in [0.15, 0.2) is 23.4 Å². The number of benzene rings is 1. The Balaban J connectivity index is 2.85. The van der Waals surface area contributed by atoms with Gasteiger partial charge in [-0.3, -0.25) is 4.79 Å². The Morgan fingerprint density at radius 3 is 2.86 bits per heavy atom. The fourth-order valence-electron chi connectivity index (χ4n) is 0.811. The molecule has 0 aliphatic heterocycles. The summed E-state index contributed by atoms with van der Waals surface area (Å²) < 4.78 is 25.5. The minimum atomic E-state index is -0.850. The number of carbonyl (C=O) groups excluding carboxylic acids is 1. The first-order valence-corrected chi connectivity index (χ1v) is 3.57. The predicted octanol–water partition coefficient (Wildman–Crippen LogP) is 1.36. The van der Waals surface area contributed by atoms with Crippen LogP contribution in [0.4, 0.5) is 14.5 Å². The van der Waals surface area contributed by atoms with Gasteiger partial charge in [-0.15, -0.1) is 0 Å². The molecule has 0 heterocycles. The molecular weight excluding hydrogens is 194 g/mol. The van der Waals surface area contributed by atoms with Gasteiger partial charge >= 0.3 is 0 Å². The van der Waals surface area contributed by atoms with E-state index in [1.54, 1.807) is 0 Å². The number of nitrogens with zero attached hydrogens (tertiary/aromatic N) is 1. The largest absolute Gasteiger partial charge is 0.411 e. The number of rotatable bonds is 2. The molecule has 1 amide bonds. The second-order valence-corrected chi connectivity index (χ2v) is 2.36. The van der Waals surface area contributed by atoms with Crippen LogP contribution in [0, 0.1) is 11.6 Å². The molecule has 1 rings (SSSR count). The van der Waals surface area contributed by atoms with Gasteiger partial charge < -0.3 is 10.5 Å². The molecule has 0 saturated heterocycles. The number of anilines is 1. The van der Waals surface area contributed by atoms with Gasteiger partial charge in [0.05, 0.1) is 5.69 Å². The summed E-state index contributed by atoms with van der Waals surface area (Å²) in [5, 5.41) is 12.4. The zero-order valence-corrected chi connectivity index (χ0v) is 6.87. The maximum Gasteiger partial charge on any atom is 0.270 e. The third kappa shape index (κ3) is 2.51. The summed E-state index contributed by atoms with van der Waals surface area (Å²) in [5.41, 5.74) is -0.310. The molecule has 0 aliphatic carbocycles. The van der Waals surface area contributed by atoms with Crippen molar-refractivity contribution in [2.45, 2.75) is 0 Å². The Labute approximate surface area is 77.8 Å². The molecule has 6 heteroatoms. The van der Waals surface area contributed by atoms with Crippen molar-refractivity contribution in [1.82, 2.24) is 0 Å². The molecule has 0 atom stereocenters. The Morgan fingerprint density at radius 2 is 2.21 bits per heavy atom. The van der Waals surface area contributed by atoms with Crippen LogP contribution in [0.2, 0.25) is 0 Å². The molecule has 0 spiro atoms. The van der Waals surface area contributed by atoms with E-state index in [1.165, 1.54) is 0 Å². The summed E-state index contributed by atoms with van der Waals surface area (Å²) in [7, 11) is 0. The summed E-state index contributed by atoms with van der Waals surface area (Å²) in [4.78, 5) is 10.8. The average molecular weight is 200 g/mol. The summed E-state index contributed by atoms with van der Waals surface area (Å²) in [6, 6.07) is 2.62. The maximum atomic E-state index is 12.9. The van der Waals surface area contributed by atoms with E-state index in [4.69, 9.17) is 5.21 Å². The molecular formula is C8H6F2N2O2. The Bertz CT molecular complexity index is 380. The van der Waals surface area contributed by atoms with Crippen molar-refractivity contribution >= 4 is 17.8 Å². The van der Waals surface area contributed by atoms with Crippen molar-refractivity contribution in [3.63, 3.8) is 0 Å². The van der Waals surface area contributed by atoms with Crippen LogP contribution < -0.4 is 5.32 Å². The molecule has 1 aromatic carbocycles. The molecule has 0 radical (unpaired) electrons. The van der Waals surface area contributed by atoms with Crippen molar-refractivity contribution in [3.05, 3.63) is 29.8 Å². The van der Waals surface area contributed by atoms with Gasteiger partial charge in [-0.05, 0) is 12.1 Å². The van der Waals surface area contributed by atoms with E-state index in [-0.39, 0.29) is 5.69 Å². The van der Waals surface area contributed by atoms with E-state index in [2.05, 4.69) is 5.16 Å². The third-order valence-corrected chi connectivity index (χ3v) is 1.36. The number of hydrogen-bond acceptors (Lipinski definition) is 3. The van der Waals surface area contributed by atoms with Crippen LogP contribution in [0.5, 0.6) is 0 Å². The van der Waals surface area contributed by atoms with E-state index in [9.17, 15) is 13.6 Å². The van der Waals surface area contributed by atoms with Gasteiger partial charge in [0.2, 0.25) is 0 Å². The number of halogens is 2. The van der Waals surface area contributed by atoms with Crippen LogP contribution in [0.1, 0.15) is 0 Å². The molecule has 0 bridgehead atoms. The van der Waals surface area contributed by atoms with Gasteiger partial charge in [-0.1, -0.05) is 5.16 Å². The zero-order chi connectivity index (χ0) is 10.6. The molecule has 0 saturated carbocycles.